The lowest BCUT2D eigenvalue weighted by atomic mass is 10.1. The molecule has 0 bridgehead atoms. The zero-order chi connectivity index (χ0) is 17.4. The van der Waals surface area contributed by atoms with Crippen LogP contribution in [0.15, 0.2) is 12.4 Å². The number of fused-ring (bicyclic) bond motifs is 1. The van der Waals surface area contributed by atoms with Gasteiger partial charge in [0.2, 0.25) is 11.8 Å². The number of amides is 2. The molecule has 4 heterocycles. The van der Waals surface area contributed by atoms with Gasteiger partial charge < -0.3 is 15.2 Å². The predicted octanol–water partition coefficient (Wildman–Crippen LogP) is 1.23. The van der Waals surface area contributed by atoms with Crippen LogP contribution in [0, 0.1) is 0 Å². The summed E-state index contributed by atoms with van der Waals surface area (Å²) in [5.41, 5.74) is 1.67. The number of rotatable bonds is 4. The van der Waals surface area contributed by atoms with Gasteiger partial charge in [-0.25, -0.2) is 4.98 Å². The number of aromatic nitrogens is 4. The highest BCUT2D eigenvalue weighted by molar-refractivity contribution is 5.94. The maximum atomic E-state index is 12.5. The van der Waals surface area contributed by atoms with E-state index in [-0.39, 0.29) is 17.9 Å². The van der Waals surface area contributed by atoms with E-state index < -0.39 is 0 Å². The van der Waals surface area contributed by atoms with Crippen LogP contribution in [0.4, 0.5) is 5.82 Å². The van der Waals surface area contributed by atoms with Crippen LogP contribution in [-0.2, 0) is 29.6 Å². The first-order valence-corrected chi connectivity index (χ1v) is 8.78. The lowest BCUT2D eigenvalue weighted by Crippen LogP contribution is -2.30. The molecule has 2 aliphatic heterocycles. The van der Waals surface area contributed by atoms with Crippen LogP contribution in [0.5, 0.6) is 0 Å². The molecule has 1 fully saturated rings. The number of anilines is 1. The van der Waals surface area contributed by atoms with E-state index >= 15 is 0 Å². The Hall–Kier alpha value is -2.64. The molecule has 0 aromatic carbocycles. The largest absolute Gasteiger partial charge is 0.353 e. The van der Waals surface area contributed by atoms with Crippen molar-refractivity contribution in [3.8, 4) is 11.3 Å². The Balaban J connectivity index is 1.60. The van der Waals surface area contributed by atoms with Gasteiger partial charge in [-0.3, -0.25) is 14.3 Å². The van der Waals surface area contributed by atoms with Gasteiger partial charge in [0.25, 0.3) is 0 Å². The van der Waals surface area contributed by atoms with Crippen molar-refractivity contribution in [2.24, 2.45) is 7.05 Å². The number of nitrogens with one attached hydrogen (secondary N) is 2. The van der Waals surface area contributed by atoms with E-state index in [9.17, 15) is 9.59 Å². The SMILES string of the molecule is Cn1cc(-c2nc3n(c2NC(=O)CC2CCC(=O)N2)CCCC3)cn1. The Kier molecular flexibility index (Phi) is 4.03. The molecule has 0 spiro atoms. The number of nitrogens with zero attached hydrogens (tertiary/aromatic N) is 4. The topological polar surface area (TPSA) is 93.8 Å². The second-order valence-corrected chi connectivity index (χ2v) is 6.79. The van der Waals surface area contributed by atoms with Crippen LogP contribution in [0.1, 0.15) is 37.9 Å². The molecule has 0 aliphatic carbocycles. The number of hydrogen-bond donors (Lipinski definition) is 2. The van der Waals surface area contributed by atoms with E-state index in [2.05, 4.69) is 20.3 Å². The summed E-state index contributed by atoms with van der Waals surface area (Å²) >= 11 is 0. The Morgan fingerprint density at radius 2 is 2.28 bits per heavy atom. The van der Waals surface area contributed by atoms with Gasteiger partial charge in [0.05, 0.1) is 6.20 Å². The summed E-state index contributed by atoms with van der Waals surface area (Å²) in [7, 11) is 1.86. The van der Waals surface area contributed by atoms with Crippen LogP contribution < -0.4 is 10.6 Å². The van der Waals surface area contributed by atoms with E-state index in [1.807, 2.05) is 13.2 Å². The Morgan fingerprint density at radius 3 is 3.00 bits per heavy atom. The molecule has 2 aromatic rings. The van der Waals surface area contributed by atoms with Gasteiger partial charge in [0.15, 0.2) is 0 Å². The van der Waals surface area contributed by atoms with E-state index in [1.165, 1.54) is 0 Å². The van der Waals surface area contributed by atoms with Crippen molar-refractivity contribution in [2.75, 3.05) is 5.32 Å². The van der Waals surface area contributed by atoms with Crippen molar-refractivity contribution in [3.05, 3.63) is 18.2 Å². The van der Waals surface area contributed by atoms with Crippen LogP contribution in [0.25, 0.3) is 11.3 Å². The fourth-order valence-electron chi connectivity index (χ4n) is 3.59. The normalized spacial score (nSPS) is 19.6. The van der Waals surface area contributed by atoms with Crippen molar-refractivity contribution in [3.63, 3.8) is 0 Å². The van der Waals surface area contributed by atoms with E-state index in [0.29, 0.717) is 19.3 Å². The van der Waals surface area contributed by atoms with Gasteiger partial charge in [0.1, 0.15) is 17.3 Å². The molecule has 4 rings (SSSR count). The summed E-state index contributed by atoms with van der Waals surface area (Å²) in [5.74, 6) is 1.69. The molecule has 2 amide bonds. The van der Waals surface area contributed by atoms with Crippen molar-refractivity contribution in [1.29, 1.82) is 0 Å². The molecule has 0 radical (unpaired) electrons. The second kappa shape index (κ2) is 6.34. The second-order valence-electron chi connectivity index (χ2n) is 6.79. The van der Waals surface area contributed by atoms with E-state index in [0.717, 1.165) is 48.7 Å². The summed E-state index contributed by atoms with van der Waals surface area (Å²) in [4.78, 5) is 28.6. The molecule has 0 saturated carbocycles. The van der Waals surface area contributed by atoms with Gasteiger partial charge in [-0.15, -0.1) is 0 Å². The fraction of sp³-hybridized carbons (Fsp3) is 0.529. The van der Waals surface area contributed by atoms with Gasteiger partial charge in [-0.1, -0.05) is 0 Å². The minimum atomic E-state index is -0.0920. The average Bonchev–Trinajstić information content (AvgIpc) is 3.27. The molecule has 132 valence electrons. The highest BCUT2D eigenvalue weighted by atomic mass is 16.2. The number of imidazole rings is 1. The zero-order valence-electron chi connectivity index (χ0n) is 14.3. The molecule has 2 aromatic heterocycles. The number of carbonyl (C=O) groups is 2. The highest BCUT2D eigenvalue weighted by Crippen LogP contribution is 2.31. The van der Waals surface area contributed by atoms with Gasteiger partial charge in [-0.2, -0.15) is 5.10 Å². The van der Waals surface area contributed by atoms with Gasteiger partial charge in [-0.05, 0) is 19.3 Å². The molecule has 8 heteroatoms. The number of hydrogen-bond acceptors (Lipinski definition) is 4. The summed E-state index contributed by atoms with van der Waals surface area (Å²) < 4.78 is 3.84. The Labute approximate surface area is 145 Å². The molecule has 1 atom stereocenters. The number of aryl methyl sites for hydroxylation is 2. The first-order valence-electron chi connectivity index (χ1n) is 8.78. The lowest BCUT2D eigenvalue weighted by molar-refractivity contribution is -0.119. The van der Waals surface area contributed by atoms with Crippen molar-refractivity contribution >= 4 is 17.6 Å². The Morgan fingerprint density at radius 1 is 1.40 bits per heavy atom. The van der Waals surface area contributed by atoms with Crippen molar-refractivity contribution in [2.45, 2.75) is 51.1 Å². The molecule has 1 unspecified atom stereocenters. The molecule has 25 heavy (non-hydrogen) atoms. The van der Waals surface area contributed by atoms with Crippen molar-refractivity contribution in [1.82, 2.24) is 24.6 Å². The maximum absolute atomic E-state index is 12.5. The van der Waals surface area contributed by atoms with Gasteiger partial charge >= 0.3 is 0 Å². The lowest BCUT2D eigenvalue weighted by Gasteiger charge is -2.17. The monoisotopic (exact) mass is 342 g/mol. The third-order valence-electron chi connectivity index (χ3n) is 4.83. The maximum Gasteiger partial charge on any atom is 0.227 e. The molecule has 8 nitrogen and oxygen atoms in total. The smallest absolute Gasteiger partial charge is 0.227 e. The summed E-state index contributed by atoms with van der Waals surface area (Å²) in [6, 6.07) is -0.0712. The minimum absolute atomic E-state index is 0.0237. The molecule has 2 aliphatic rings. The van der Waals surface area contributed by atoms with Crippen LogP contribution in [0.3, 0.4) is 0 Å². The highest BCUT2D eigenvalue weighted by Gasteiger charge is 2.26. The Bertz CT molecular complexity index is 821. The minimum Gasteiger partial charge on any atom is -0.353 e. The standard InChI is InChI=1S/C17H22N6O2/c1-22-10-11(9-18-22)16-17(23-7-3-2-4-13(23)20-16)21-15(25)8-12-5-6-14(24)19-12/h9-10,12H,2-8H2,1H3,(H,19,24)(H,21,25). The summed E-state index contributed by atoms with van der Waals surface area (Å²) in [5, 5.41) is 10.1. The van der Waals surface area contributed by atoms with Crippen LogP contribution >= 0.6 is 0 Å². The molecule has 1 saturated heterocycles. The summed E-state index contributed by atoms with van der Waals surface area (Å²) in [6.45, 7) is 0.859. The molecular formula is C17H22N6O2. The quantitative estimate of drug-likeness (QED) is 0.874. The van der Waals surface area contributed by atoms with E-state index in [1.54, 1.807) is 10.9 Å². The van der Waals surface area contributed by atoms with Crippen LogP contribution in [0.2, 0.25) is 0 Å². The average molecular weight is 342 g/mol. The zero-order valence-corrected chi connectivity index (χ0v) is 14.3. The third-order valence-corrected chi connectivity index (χ3v) is 4.83. The number of carbonyl (C=O) groups excluding carboxylic acids is 2. The first-order chi connectivity index (χ1) is 12.1. The third kappa shape index (κ3) is 3.16. The molecular weight excluding hydrogens is 320 g/mol. The van der Waals surface area contributed by atoms with E-state index in [4.69, 9.17) is 4.98 Å². The first kappa shape index (κ1) is 15.9. The summed E-state index contributed by atoms with van der Waals surface area (Å²) in [6.07, 6.45) is 8.29. The van der Waals surface area contributed by atoms with Crippen molar-refractivity contribution < 1.29 is 9.59 Å². The van der Waals surface area contributed by atoms with Crippen LogP contribution in [-0.4, -0.2) is 37.2 Å². The molecule has 2 N–H and O–H groups in total. The fourth-order valence-corrected chi connectivity index (χ4v) is 3.59. The van der Waals surface area contributed by atoms with Gasteiger partial charge in [0, 0.05) is 50.7 Å². The predicted molar refractivity (Wildman–Crippen MR) is 91.8 cm³/mol.